The van der Waals surface area contributed by atoms with Crippen LogP contribution in [0.5, 0.6) is 0 Å². The average molecular weight is 293 g/mol. The zero-order valence-electron chi connectivity index (χ0n) is 12.9. The van der Waals surface area contributed by atoms with Crippen LogP contribution in [0.4, 0.5) is 0 Å². The molecule has 0 bridgehead atoms. The maximum Gasteiger partial charge on any atom is 0.339 e. The van der Waals surface area contributed by atoms with E-state index in [-0.39, 0.29) is 23.3 Å². The first kappa shape index (κ1) is 15.6. The van der Waals surface area contributed by atoms with Gasteiger partial charge in [-0.05, 0) is 25.7 Å². The van der Waals surface area contributed by atoms with Gasteiger partial charge in [0, 0.05) is 25.1 Å². The Hall–Kier alpha value is -1.78. The Morgan fingerprint density at radius 3 is 2.67 bits per heavy atom. The van der Waals surface area contributed by atoms with E-state index in [1.807, 2.05) is 18.7 Å². The third kappa shape index (κ3) is 3.28. The summed E-state index contributed by atoms with van der Waals surface area (Å²) in [5.41, 5.74) is 0.0939. The summed E-state index contributed by atoms with van der Waals surface area (Å²) in [7, 11) is 0. The highest BCUT2D eigenvalue weighted by Gasteiger charge is 2.29. The number of carbonyl (C=O) groups is 2. The predicted octanol–water partition coefficient (Wildman–Crippen LogP) is 3.19. The van der Waals surface area contributed by atoms with Crippen LogP contribution >= 0.6 is 0 Å². The second-order valence-corrected chi connectivity index (χ2v) is 5.95. The Balaban J connectivity index is 2.28. The molecule has 1 aliphatic rings. The van der Waals surface area contributed by atoms with E-state index in [4.69, 9.17) is 9.52 Å². The summed E-state index contributed by atoms with van der Waals surface area (Å²) in [5, 5.41) is 9.16. The van der Waals surface area contributed by atoms with Gasteiger partial charge in [0.2, 0.25) is 0 Å². The van der Waals surface area contributed by atoms with Crippen LogP contribution in [0.3, 0.4) is 0 Å². The van der Waals surface area contributed by atoms with E-state index in [1.165, 1.54) is 6.07 Å². The first-order valence-corrected chi connectivity index (χ1v) is 7.61. The summed E-state index contributed by atoms with van der Waals surface area (Å²) in [5.74, 6) is -0.282. The number of carboxylic acids is 1. The van der Waals surface area contributed by atoms with Crippen LogP contribution in [0.15, 0.2) is 10.5 Å². The highest BCUT2D eigenvalue weighted by Crippen LogP contribution is 2.24. The predicted molar refractivity (Wildman–Crippen MR) is 78.6 cm³/mol. The van der Waals surface area contributed by atoms with Gasteiger partial charge in [-0.2, -0.15) is 0 Å². The molecule has 2 unspecified atom stereocenters. The Bertz CT molecular complexity index is 534. The molecule has 116 valence electrons. The molecule has 1 aliphatic heterocycles. The summed E-state index contributed by atoms with van der Waals surface area (Å²) >= 11 is 0. The van der Waals surface area contributed by atoms with E-state index in [0.717, 1.165) is 19.3 Å². The smallest absolute Gasteiger partial charge is 0.339 e. The van der Waals surface area contributed by atoms with Gasteiger partial charge in [0.15, 0.2) is 5.76 Å². The normalized spacial score (nSPS) is 22.9. The lowest BCUT2D eigenvalue weighted by atomic mass is 10.1. The molecule has 2 rings (SSSR count). The third-order valence-electron chi connectivity index (χ3n) is 4.19. The van der Waals surface area contributed by atoms with Crippen molar-refractivity contribution in [3.8, 4) is 0 Å². The lowest BCUT2D eigenvalue weighted by Crippen LogP contribution is -2.39. The van der Waals surface area contributed by atoms with Crippen molar-refractivity contribution in [1.29, 1.82) is 0 Å². The molecule has 2 heterocycles. The van der Waals surface area contributed by atoms with Crippen LogP contribution in [0.2, 0.25) is 0 Å². The topological polar surface area (TPSA) is 70.8 Å². The second kappa shape index (κ2) is 6.33. The summed E-state index contributed by atoms with van der Waals surface area (Å²) in [4.78, 5) is 25.7. The number of aryl methyl sites for hydroxylation is 1. The van der Waals surface area contributed by atoms with E-state index in [2.05, 4.69) is 6.92 Å². The van der Waals surface area contributed by atoms with Gasteiger partial charge in [-0.15, -0.1) is 0 Å². The molecule has 0 radical (unpaired) electrons. The molecule has 0 aliphatic carbocycles. The molecule has 1 aromatic rings. The minimum absolute atomic E-state index is 0.0939. The first-order chi connectivity index (χ1) is 9.93. The molecular weight excluding hydrogens is 270 g/mol. The van der Waals surface area contributed by atoms with E-state index in [0.29, 0.717) is 24.6 Å². The largest absolute Gasteiger partial charge is 0.478 e. The number of hydrogen-bond acceptors (Lipinski definition) is 3. The number of nitrogens with zero attached hydrogens (tertiary/aromatic N) is 1. The van der Waals surface area contributed by atoms with Crippen LogP contribution in [-0.4, -0.2) is 34.5 Å². The van der Waals surface area contributed by atoms with Crippen molar-refractivity contribution in [3.63, 3.8) is 0 Å². The van der Waals surface area contributed by atoms with Gasteiger partial charge in [-0.1, -0.05) is 20.3 Å². The number of amides is 1. The fourth-order valence-electron chi connectivity index (χ4n) is 2.93. The number of aromatic carboxylic acids is 1. The van der Waals surface area contributed by atoms with Crippen molar-refractivity contribution in [3.05, 3.63) is 23.2 Å². The van der Waals surface area contributed by atoms with Gasteiger partial charge in [0.05, 0.1) is 0 Å². The van der Waals surface area contributed by atoms with Gasteiger partial charge in [-0.25, -0.2) is 4.79 Å². The molecular formula is C16H23NO4. The SMILES string of the molecule is CCc1oc(C(=O)N2CC(C)CCCC2C)cc1C(=O)O. The molecule has 5 nitrogen and oxygen atoms in total. The zero-order chi connectivity index (χ0) is 15.6. The molecule has 5 heteroatoms. The first-order valence-electron chi connectivity index (χ1n) is 7.61. The third-order valence-corrected chi connectivity index (χ3v) is 4.19. The summed E-state index contributed by atoms with van der Waals surface area (Å²) in [6, 6.07) is 1.53. The van der Waals surface area contributed by atoms with Crippen molar-refractivity contribution in [2.75, 3.05) is 6.54 Å². The number of hydrogen-bond donors (Lipinski definition) is 1. The van der Waals surface area contributed by atoms with Gasteiger partial charge in [0.1, 0.15) is 11.3 Å². The summed E-state index contributed by atoms with van der Waals surface area (Å²) in [6.45, 7) is 6.69. The van der Waals surface area contributed by atoms with E-state index in [9.17, 15) is 9.59 Å². The number of likely N-dealkylation sites (tertiary alicyclic amines) is 1. The number of carbonyl (C=O) groups excluding carboxylic acids is 1. The zero-order valence-corrected chi connectivity index (χ0v) is 12.9. The number of furan rings is 1. The minimum Gasteiger partial charge on any atom is -0.478 e. The van der Waals surface area contributed by atoms with Crippen LogP contribution in [0.25, 0.3) is 0 Å². The molecule has 1 N–H and O–H groups in total. The van der Waals surface area contributed by atoms with Gasteiger partial charge >= 0.3 is 5.97 Å². The molecule has 1 aromatic heterocycles. The number of rotatable bonds is 3. The summed E-state index contributed by atoms with van der Waals surface area (Å²) < 4.78 is 5.49. The van der Waals surface area contributed by atoms with E-state index in [1.54, 1.807) is 0 Å². The highest BCUT2D eigenvalue weighted by atomic mass is 16.4. The fraction of sp³-hybridized carbons (Fsp3) is 0.625. The maximum atomic E-state index is 12.7. The lowest BCUT2D eigenvalue weighted by molar-refractivity contribution is 0.0641. The minimum atomic E-state index is -1.05. The quantitative estimate of drug-likeness (QED) is 0.929. The molecule has 0 aromatic carbocycles. The van der Waals surface area contributed by atoms with Gasteiger partial charge in [0.25, 0.3) is 5.91 Å². The van der Waals surface area contributed by atoms with Gasteiger partial charge < -0.3 is 14.4 Å². The fourth-order valence-corrected chi connectivity index (χ4v) is 2.93. The molecule has 1 amide bonds. The summed E-state index contributed by atoms with van der Waals surface area (Å²) in [6.07, 6.45) is 3.67. The van der Waals surface area contributed by atoms with E-state index >= 15 is 0 Å². The molecule has 1 fully saturated rings. The Morgan fingerprint density at radius 1 is 1.38 bits per heavy atom. The van der Waals surface area contributed by atoms with Crippen molar-refractivity contribution < 1.29 is 19.1 Å². The van der Waals surface area contributed by atoms with Crippen LogP contribution in [0, 0.1) is 5.92 Å². The monoisotopic (exact) mass is 293 g/mol. The van der Waals surface area contributed by atoms with Crippen LogP contribution in [0.1, 0.15) is 66.7 Å². The molecule has 0 saturated carbocycles. The molecule has 21 heavy (non-hydrogen) atoms. The lowest BCUT2D eigenvalue weighted by Gasteiger charge is -2.27. The van der Waals surface area contributed by atoms with Crippen molar-refractivity contribution in [2.24, 2.45) is 5.92 Å². The van der Waals surface area contributed by atoms with E-state index < -0.39 is 5.97 Å². The molecule has 1 saturated heterocycles. The second-order valence-electron chi connectivity index (χ2n) is 5.95. The highest BCUT2D eigenvalue weighted by molar-refractivity contribution is 5.96. The van der Waals surface area contributed by atoms with Gasteiger partial charge in [-0.3, -0.25) is 4.79 Å². The van der Waals surface area contributed by atoms with Crippen molar-refractivity contribution >= 4 is 11.9 Å². The van der Waals surface area contributed by atoms with Crippen molar-refractivity contribution in [2.45, 2.75) is 52.5 Å². The number of carboxylic acid groups (broad SMARTS) is 1. The molecule has 0 spiro atoms. The average Bonchev–Trinajstić information content (AvgIpc) is 2.80. The van der Waals surface area contributed by atoms with Crippen molar-refractivity contribution in [1.82, 2.24) is 4.90 Å². The Labute approximate surface area is 124 Å². The Kier molecular flexibility index (Phi) is 4.70. The van der Waals surface area contributed by atoms with Crippen LogP contribution < -0.4 is 0 Å². The molecule has 2 atom stereocenters. The maximum absolute atomic E-state index is 12.7. The van der Waals surface area contributed by atoms with Crippen LogP contribution in [-0.2, 0) is 6.42 Å². The standard InChI is InChI=1S/C16H23NO4/c1-4-13-12(16(19)20)8-14(21-13)15(18)17-9-10(2)6-5-7-11(17)3/h8,10-11H,4-7,9H2,1-3H3,(H,19,20). The Morgan fingerprint density at radius 2 is 2.10 bits per heavy atom.